The molecule has 0 aliphatic heterocycles. The van der Waals surface area contributed by atoms with Crippen LogP contribution >= 0.6 is 0 Å². The molecular formula is C27H36N8O. The molecule has 1 aliphatic rings. The van der Waals surface area contributed by atoms with Gasteiger partial charge in [-0.15, -0.1) is 0 Å². The average Bonchev–Trinajstić information content (AvgIpc) is 3.68. The summed E-state index contributed by atoms with van der Waals surface area (Å²) in [6.07, 6.45) is 4.17. The highest BCUT2D eigenvalue weighted by Gasteiger charge is 2.25. The fraction of sp³-hybridized carbons (Fsp3) is 0.407. The van der Waals surface area contributed by atoms with E-state index in [1.54, 1.807) is 7.05 Å². The molecule has 190 valence electrons. The molecule has 0 amide bonds. The molecule has 1 aromatic carbocycles. The number of rotatable bonds is 10. The van der Waals surface area contributed by atoms with Crippen LogP contribution in [0.5, 0.6) is 0 Å². The smallest absolute Gasteiger partial charge is 0.162 e. The van der Waals surface area contributed by atoms with E-state index in [2.05, 4.69) is 38.2 Å². The number of hydrogen-bond donors (Lipinski definition) is 4. The highest BCUT2D eigenvalue weighted by atomic mass is 16.5. The van der Waals surface area contributed by atoms with E-state index in [0.29, 0.717) is 23.4 Å². The Bertz CT molecular complexity index is 1250. The third-order valence-electron chi connectivity index (χ3n) is 6.32. The summed E-state index contributed by atoms with van der Waals surface area (Å²) in [5, 5.41) is 14.1. The van der Waals surface area contributed by atoms with Gasteiger partial charge in [-0.1, -0.05) is 23.4 Å². The van der Waals surface area contributed by atoms with Crippen LogP contribution in [0, 0.1) is 26.7 Å². The van der Waals surface area contributed by atoms with Crippen LogP contribution in [0.2, 0.25) is 0 Å². The third kappa shape index (κ3) is 5.98. The maximum Gasteiger partial charge on any atom is 0.162 e. The molecule has 36 heavy (non-hydrogen) atoms. The van der Waals surface area contributed by atoms with Gasteiger partial charge in [0.25, 0.3) is 0 Å². The summed E-state index contributed by atoms with van der Waals surface area (Å²) < 4.78 is 5.47. The lowest BCUT2D eigenvalue weighted by Gasteiger charge is -2.15. The first kappa shape index (κ1) is 25.5. The van der Waals surface area contributed by atoms with Crippen LogP contribution in [0.1, 0.15) is 35.4 Å². The van der Waals surface area contributed by atoms with Crippen LogP contribution in [-0.4, -0.2) is 48.1 Å². The van der Waals surface area contributed by atoms with Gasteiger partial charge in [-0.2, -0.15) is 0 Å². The zero-order valence-corrected chi connectivity index (χ0v) is 21.8. The number of benzene rings is 1. The lowest BCUT2D eigenvalue weighted by molar-refractivity contribution is 0.393. The van der Waals surface area contributed by atoms with E-state index in [-0.39, 0.29) is 0 Å². The fourth-order valence-electron chi connectivity index (χ4n) is 4.07. The molecule has 0 radical (unpaired) electrons. The number of aryl methyl sites for hydroxylation is 2. The monoisotopic (exact) mass is 488 g/mol. The van der Waals surface area contributed by atoms with Crippen LogP contribution in [0.4, 0.5) is 5.82 Å². The highest BCUT2D eigenvalue weighted by Crippen LogP contribution is 2.35. The van der Waals surface area contributed by atoms with Crippen LogP contribution in [-0.2, 0) is 6.54 Å². The minimum atomic E-state index is 0.452. The van der Waals surface area contributed by atoms with Crippen LogP contribution in [0.3, 0.4) is 0 Å². The maximum atomic E-state index is 6.27. The molecule has 0 atom stereocenters. The molecule has 5 N–H and O–H groups in total. The number of nitrogens with two attached hydrogens (primary N) is 1. The van der Waals surface area contributed by atoms with Crippen molar-refractivity contribution in [3.63, 3.8) is 0 Å². The van der Waals surface area contributed by atoms with Crippen molar-refractivity contribution in [3.8, 4) is 22.6 Å². The molecule has 1 saturated carbocycles. The predicted octanol–water partition coefficient (Wildman–Crippen LogP) is 3.73. The van der Waals surface area contributed by atoms with Gasteiger partial charge >= 0.3 is 0 Å². The van der Waals surface area contributed by atoms with Gasteiger partial charge in [0.15, 0.2) is 5.82 Å². The van der Waals surface area contributed by atoms with Crippen molar-refractivity contribution in [1.82, 2.24) is 25.8 Å². The van der Waals surface area contributed by atoms with Crippen LogP contribution in [0.25, 0.3) is 22.6 Å². The molecule has 0 spiro atoms. The lowest BCUT2D eigenvalue weighted by Crippen LogP contribution is -2.24. The van der Waals surface area contributed by atoms with E-state index in [1.807, 2.05) is 46.0 Å². The van der Waals surface area contributed by atoms with E-state index in [9.17, 15) is 0 Å². The number of anilines is 1. The Morgan fingerprint density at radius 1 is 1.19 bits per heavy atom. The van der Waals surface area contributed by atoms with Gasteiger partial charge in [0.1, 0.15) is 17.4 Å². The molecule has 0 bridgehead atoms. The molecule has 4 rings (SSSR count). The normalized spacial score (nSPS) is 14.4. The first-order valence-corrected chi connectivity index (χ1v) is 12.4. The first-order valence-electron chi connectivity index (χ1n) is 12.4. The summed E-state index contributed by atoms with van der Waals surface area (Å²) >= 11 is 0. The number of nitrogens with zero attached hydrogens (tertiary/aromatic N) is 4. The van der Waals surface area contributed by atoms with Crippen molar-refractivity contribution in [1.29, 1.82) is 0 Å². The lowest BCUT2D eigenvalue weighted by atomic mass is 10.0. The number of hydrogen-bond acceptors (Lipinski definition) is 8. The second-order valence-corrected chi connectivity index (χ2v) is 9.20. The van der Waals surface area contributed by atoms with Gasteiger partial charge in [-0.3, -0.25) is 4.99 Å². The maximum absolute atomic E-state index is 6.27. The Hall–Kier alpha value is -3.56. The minimum Gasteiger partial charge on any atom is -0.402 e. The molecule has 2 aromatic heterocycles. The molecule has 1 aliphatic carbocycles. The second-order valence-electron chi connectivity index (χ2n) is 9.20. The van der Waals surface area contributed by atoms with E-state index in [4.69, 9.17) is 20.2 Å². The van der Waals surface area contributed by atoms with Crippen LogP contribution in [0.15, 0.2) is 45.6 Å². The number of aliphatic imine (C=N–C) groups is 1. The Kier molecular flexibility index (Phi) is 8.12. The summed E-state index contributed by atoms with van der Waals surface area (Å²) in [4.78, 5) is 14.3. The van der Waals surface area contributed by atoms with Gasteiger partial charge in [-0.05, 0) is 64.3 Å². The molecule has 9 heteroatoms. The molecular weight excluding hydrogens is 452 g/mol. The highest BCUT2D eigenvalue weighted by molar-refractivity contribution is 6.04. The summed E-state index contributed by atoms with van der Waals surface area (Å²) in [6.45, 7) is 8.40. The van der Waals surface area contributed by atoms with Crippen molar-refractivity contribution in [2.75, 3.05) is 32.5 Å². The van der Waals surface area contributed by atoms with Crippen molar-refractivity contribution < 1.29 is 4.52 Å². The van der Waals surface area contributed by atoms with Gasteiger partial charge in [0.05, 0.1) is 17.0 Å². The topological polar surface area (TPSA) is 126 Å². The molecule has 2 heterocycles. The zero-order valence-electron chi connectivity index (χ0n) is 21.8. The summed E-state index contributed by atoms with van der Waals surface area (Å²) in [5.74, 6) is 3.13. The van der Waals surface area contributed by atoms with E-state index >= 15 is 0 Å². The number of nitrogens with one attached hydrogen (secondary N) is 3. The largest absolute Gasteiger partial charge is 0.402 e. The van der Waals surface area contributed by atoms with Gasteiger partial charge in [0, 0.05) is 43.5 Å². The van der Waals surface area contributed by atoms with Crippen molar-refractivity contribution in [2.24, 2.45) is 16.6 Å². The van der Waals surface area contributed by atoms with Gasteiger partial charge in [-0.25, -0.2) is 9.97 Å². The first-order chi connectivity index (χ1) is 17.4. The minimum absolute atomic E-state index is 0.452. The predicted molar refractivity (Wildman–Crippen MR) is 145 cm³/mol. The van der Waals surface area contributed by atoms with Gasteiger partial charge < -0.3 is 26.2 Å². The third-order valence-corrected chi connectivity index (χ3v) is 6.32. The summed E-state index contributed by atoms with van der Waals surface area (Å²) in [5.41, 5.74) is 12.5. The summed E-state index contributed by atoms with van der Waals surface area (Å²) in [6, 6.07) is 8.29. The van der Waals surface area contributed by atoms with Crippen LogP contribution < -0.4 is 21.7 Å². The fourth-order valence-corrected chi connectivity index (χ4v) is 4.07. The summed E-state index contributed by atoms with van der Waals surface area (Å²) in [7, 11) is 3.69. The van der Waals surface area contributed by atoms with Gasteiger partial charge in [0.2, 0.25) is 0 Å². The Labute approximate surface area is 212 Å². The Balaban J connectivity index is 1.74. The molecule has 0 unspecified atom stereocenters. The number of aromatic nitrogens is 3. The number of amidine groups is 1. The molecule has 3 aromatic rings. The number of allylic oxidation sites excluding steroid dienone is 1. The van der Waals surface area contributed by atoms with Crippen molar-refractivity contribution >= 4 is 11.7 Å². The molecule has 9 nitrogen and oxygen atoms in total. The second kappa shape index (κ2) is 11.5. The standard InChI is InChI=1S/C27H36N8O/c1-16-25(24-17(2)35-36-18(24)3)33-27(21-8-6-7-19(13-21)15-31-12-11-29-4)34-26(16)32-23(30-5)14-22(28)20-9-10-20/h6-8,13-14,20,29,31H,9-12,15,28H2,1-5H3,(H,30,32,33,34). The molecule has 0 saturated heterocycles. The Morgan fingerprint density at radius 3 is 2.67 bits per heavy atom. The number of likely N-dealkylation sites (N-methyl/N-ethyl adjacent to an activating group) is 1. The van der Waals surface area contributed by atoms with E-state index in [0.717, 1.165) is 77.6 Å². The zero-order chi connectivity index (χ0) is 25.7. The SMILES string of the molecule is CN=C(C=C(N)C1CC1)Nc1nc(-c2cccc(CNCCNC)c2)nc(-c2c(C)noc2C)c1C. The Morgan fingerprint density at radius 2 is 2.00 bits per heavy atom. The quantitative estimate of drug-likeness (QED) is 0.193. The average molecular weight is 489 g/mol. The van der Waals surface area contributed by atoms with Crippen molar-refractivity contribution in [2.45, 2.75) is 40.2 Å². The molecule has 1 fully saturated rings. The van der Waals surface area contributed by atoms with E-state index in [1.165, 1.54) is 0 Å². The van der Waals surface area contributed by atoms with E-state index < -0.39 is 0 Å². The van der Waals surface area contributed by atoms with Crippen molar-refractivity contribution in [3.05, 3.63) is 58.6 Å².